The molecule has 6 nitrogen and oxygen atoms in total. The number of nitrogens with zero attached hydrogens (tertiary/aromatic N) is 2. The second-order valence-electron chi connectivity index (χ2n) is 7.29. The van der Waals surface area contributed by atoms with Crippen LogP contribution in [-0.2, 0) is 16.8 Å². The minimum Gasteiger partial charge on any atom is -0.492 e. The molecule has 3 rings (SSSR count). The summed E-state index contributed by atoms with van der Waals surface area (Å²) in [5.41, 5.74) is 1.14. The van der Waals surface area contributed by atoms with Gasteiger partial charge in [-0.05, 0) is 34.6 Å². The Morgan fingerprint density at radius 2 is 1.96 bits per heavy atom. The Labute approximate surface area is 161 Å². The maximum absolute atomic E-state index is 12.3. The predicted octanol–water partition coefficient (Wildman–Crippen LogP) is 2.95. The fraction of sp³-hybridized carbons (Fsp3) is 0.350. The molecular weight excluding hydrogens is 362 g/mol. The van der Waals surface area contributed by atoms with Gasteiger partial charge < -0.3 is 10.1 Å². The third-order valence-corrected chi connectivity index (χ3v) is 5.00. The minimum absolute atomic E-state index is 0.0576. The van der Waals surface area contributed by atoms with Crippen molar-refractivity contribution >= 4 is 27.5 Å². The highest BCUT2D eigenvalue weighted by molar-refractivity contribution is 7.16. The van der Waals surface area contributed by atoms with Crippen molar-refractivity contribution in [1.29, 1.82) is 0 Å². The van der Waals surface area contributed by atoms with E-state index in [1.807, 2.05) is 29.6 Å². The molecule has 0 aliphatic carbocycles. The van der Waals surface area contributed by atoms with Crippen LogP contribution in [0.1, 0.15) is 26.3 Å². The molecule has 0 unspecified atom stereocenters. The lowest BCUT2D eigenvalue weighted by Crippen LogP contribution is -2.34. The highest BCUT2D eigenvalue weighted by atomic mass is 32.1. The Morgan fingerprint density at radius 3 is 2.67 bits per heavy atom. The summed E-state index contributed by atoms with van der Waals surface area (Å²) >= 11 is 1.40. The first-order valence-corrected chi connectivity index (χ1v) is 9.65. The average molecular weight is 385 g/mol. The molecule has 0 aliphatic rings. The first kappa shape index (κ1) is 19.1. The molecule has 0 aliphatic heterocycles. The Kier molecular flexibility index (Phi) is 5.60. The van der Waals surface area contributed by atoms with Gasteiger partial charge in [-0.25, -0.2) is 4.98 Å². The quantitative estimate of drug-likeness (QED) is 0.662. The van der Waals surface area contributed by atoms with Crippen molar-refractivity contribution < 1.29 is 9.53 Å². The van der Waals surface area contributed by atoms with Gasteiger partial charge in [0.15, 0.2) is 0 Å². The first-order chi connectivity index (χ1) is 12.8. The molecule has 0 saturated carbocycles. The van der Waals surface area contributed by atoms with E-state index in [1.165, 1.54) is 27.8 Å². The molecule has 0 fully saturated rings. The molecule has 1 N–H and O–H groups in total. The number of amides is 1. The van der Waals surface area contributed by atoms with E-state index in [0.29, 0.717) is 23.4 Å². The summed E-state index contributed by atoms with van der Waals surface area (Å²) in [6, 6.07) is 9.69. The van der Waals surface area contributed by atoms with Gasteiger partial charge in [0, 0.05) is 0 Å². The molecule has 0 bridgehead atoms. The zero-order valence-electron chi connectivity index (χ0n) is 15.7. The Bertz CT molecular complexity index is 984. The van der Waals surface area contributed by atoms with Gasteiger partial charge in [0.05, 0.1) is 18.3 Å². The molecule has 0 saturated heterocycles. The second kappa shape index (κ2) is 7.92. The van der Waals surface area contributed by atoms with E-state index in [9.17, 15) is 9.59 Å². The molecule has 2 heterocycles. The number of carbonyl (C=O) groups excluding carboxylic acids is 1. The highest BCUT2D eigenvalue weighted by Crippen LogP contribution is 2.24. The number of hydrogen-bond acceptors (Lipinski definition) is 5. The van der Waals surface area contributed by atoms with Crippen molar-refractivity contribution in [3.05, 3.63) is 58.0 Å². The summed E-state index contributed by atoms with van der Waals surface area (Å²) in [6.45, 7) is 7.15. The number of benzene rings is 1. The summed E-state index contributed by atoms with van der Waals surface area (Å²) < 4.78 is 6.97. The SMILES string of the molecule is CC(C)(C)c1ccc(OCCNC(=O)Cn2cnc3sccc3c2=O)cc1. The molecule has 3 aromatic rings. The standard InChI is InChI=1S/C20H23N3O3S/c1-20(2,3)14-4-6-15(7-5-14)26-10-9-21-17(24)12-23-13-22-18-16(19(23)25)8-11-27-18/h4-8,11,13H,9-10,12H2,1-3H3,(H,21,24). The van der Waals surface area contributed by atoms with Gasteiger partial charge >= 0.3 is 0 Å². The minimum atomic E-state index is -0.250. The topological polar surface area (TPSA) is 73.2 Å². The Balaban J connectivity index is 1.47. The van der Waals surface area contributed by atoms with E-state index in [2.05, 4.69) is 31.1 Å². The second-order valence-corrected chi connectivity index (χ2v) is 8.18. The van der Waals surface area contributed by atoms with Gasteiger partial charge in [0.25, 0.3) is 5.56 Å². The number of fused-ring (bicyclic) bond motifs is 1. The number of nitrogens with one attached hydrogen (secondary N) is 1. The van der Waals surface area contributed by atoms with Gasteiger partial charge in [0.1, 0.15) is 23.7 Å². The molecule has 0 atom stereocenters. The van der Waals surface area contributed by atoms with Crippen molar-refractivity contribution in [2.75, 3.05) is 13.2 Å². The largest absolute Gasteiger partial charge is 0.492 e. The van der Waals surface area contributed by atoms with Crippen LogP contribution in [0.5, 0.6) is 5.75 Å². The van der Waals surface area contributed by atoms with Gasteiger partial charge in [-0.3, -0.25) is 14.2 Å². The Hall–Kier alpha value is -2.67. The van der Waals surface area contributed by atoms with Gasteiger partial charge in [-0.2, -0.15) is 0 Å². The van der Waals surface area contributed by atoms with Crippen LogP contribution < -0.4 is 15.6 Å². The maximum atomic E-state index is 12.3. The summed E-state index contributed by atoms with van der Waals surface area (Å²) in [5, 5.41) is 5.11. The summed E-state index contributed by atoms with van der Waals surface area (Å²) in [6.07, 6.45) is 1.41. The molecule has 1 aromatic carbocycles. The van der Waals surface area contributed by atoms with E-state index in [-0.39, 0.29) is 23.4 Å². The van der Waals surface area contributed by atoms with Crippen LogP contribution in [0.15, 0.2) is 46.8 Å². The maximum Gasteiger partial charge on any atom is 0.262 e. The van der Waals surface area contributed by atoms with Crippen LogP contribution in [0, 0.1) is 0 Å². The summed E-state index contributed by atoms with van der Waals surface area (Å²) in [4.78, 5) is 29.2. The number of aromatic nitrogens is 2. The van der Waals surface area contributed by atoms with E-state index >= 15 is 0 Å². The Morgan fingerprint density at radius 1 is 1.22 bits per heavy atom. The third kappa shape index (κ3) is 4.74. The summed E-state index contributed by atoms with van der Waals surface area (Å²) in [7, 11) is 0. The first-order valence-electron chi connectivity index (χ1n) is 8.77. The fourth-order valence-electron chi connectivity index (χ4n) is 2.63. The zero-order chi connectivity index (χ0) is 19.4. The van der Waals surface area contributed by atoms with Crippen LogP contribution in [-0.4, -0.2) is 28.6 Å². The molecule has 2 aromatic heterocycles. The lowest BCUT2D eigenvalue weighted by atomic mass is 9.87. The van der Waals surface area contributed by atoms with Gasteiger partial charge in [0.2, 0.25) is 5.91 Å². The van der Waals surface area contributed by atoms with E-state index < -0.39 is 0 Å². The number of carbonyl (C=O) groups is 1. The molecule has 0 spiro atoms. The van der Waals surface area contributed by atoms with E-state index in [4.69, 9.17) is 4.74 Å². The molecule has 7 heteroatoms. The van der Waals surface area contributed by atoms with Crippen molar-refractivity contribution in [2.24, 2.45) is 0 Å². The van der Waals surface area contributed by atoms with Gasteiger partial charge in [-0.15, -0.1) is 11.3 Å². The van der Waals surface area contributed by atoms with Crippen LogP contribution in [0.3, 0.4) is 0 Å². The molecule has 142 valence electrons. The zero-order valence-corrected chi connectivity index (χ0v) is 16.5. The van der Waals surface area contributed by atoms with Crippen LogP contribution in [0.25, 0.3) is 10.2 Å². The highest BCUT2D eigenvalue weighted by Gasteiger charge is 2.13. The number of hydrogen-bond donors (Lipinski definition) is 1. The molecule has 27 heavy (non-hydrogen) atoms. The number of ether oxygens (including phenoxy) is 1. The normalized spacial score (nSPS) is 11.5. The lowest BCUT2D eigenvalue weighted by molar-refractivity contribution is -0.121. The van der Waals surface area contributed by atoms with Crippen molar-refractivity contribution in [2.45, 2.75) is 32.7 Å². The average Bonchev–Trinajstić information content (AvgIpc) is 3.10. The summed E-state index contributed by atoms with van der Waals surface area (Å²) in [5.74, 6) is 0.515. The predicted molar refractivity (Wildman–Crippen MR) is 108 cm³/mol. The van der Waals surface area contributed by atoms with Crippen molar-refractivity contribution in [1.82, 2.24) is 14.9 Å². The number of thiophene rings is 1. The monoisotopic (exact) mass is 385 g/mol. The van der Waals surface area contributed by atoms with Crippen LogP contribution in [0.2, 0.25) is 0 Å². The molecule has 1 amide bonds. The van der Waals surface area contributed by atoms with Crippen LogP contribution >= 0.6 is 11.3 Å². The number of rotatable bonds is 6. The van der Waals surface area contributed by atoms with Crippen molar-refractivity contribution in [3.8, 4) is 5.75 Å². The van der Waals surface area contributed by atoms with Gasteiger partial charge in [-0.1, -0.05) is 32.9 Å². The van der Waals surface area contributed by atoms with E-state index in [0.717, 1.165) is 5.75 Å². The van der Waals surface area contributed by atoms with Crippen molar-refractivity contribution in [3.63, 3.8) is 0 Å². The molecule has 0 radical (unpaired) electrons. The van der Waals surface area contributed by atoms with E-state index in [1.54, 1.807) is 6.07 Å². The lowest BCUT2D eigenvalue weighted by Gasteiger charge is -2.19. The molecular formula is C20H23N3O3S. The fourth-order valence-corrected chi connectivity index (χ4v) is 3.35. The third-order valence-electron chi connectivity index (χ3n) is 4.18. The van der Waals surface area contributed by atoms with Crippen LogP contribution in [0.4, 0.5) is 0 Å². The smallest absolute Gasteiger partial charge is 0.262 e.